The molecule has 2 aromatic rings. The molecule has 0 aliphatic heterocycles. The summed E-state index contributed by atoms with van der Waals surface area (Å²) in [5, 5.41) is 2.91. The van der Waals surface area contributed by atoms with Crippen molar-refractivity contribution in [2.45, 2.75) is 20.3 Å². The molecule has 1 amide bonds. The summed E-state index contributed by atoms with van der Waals surface area (Å²) in [6.45, 7) is 4.01. The number of carbonyl (C=O) groups is 1. The monoisotopic (exact) mass is 260 g/mol. The van der Waals surface area contributed by atoms with Crippen LogP contribution in [0.25, 0.3) is 0 Å². The summed E-state index contributed by atoms with van der Waals surface area (Å²) in [4.78, 5) is 14.0. The van der Waals surface area contributed by atoms with Crippen molar-refractivity contribution in [2.24, 2.45) is 0 Å². The lowest BCUT2D eigenvalue weighted by Crippen LogP contribution is -2.11. The molecule has 1 aromatic heterocycles. The fourth-order valence-corrected chi connectivity index (χ4v) is 2.54. The van der Waals surface area contributed by atoms with Crippen LogP contribution in [-0.2, 0) is 6.42 Å². The van der Waals surface area contributed by atoms with E-state index in [9.17, 15) is 4.79 Å². The second kappa shape index (κ2) is 5.23. The van der Waals surface area contributed by atoms with Gasteiger partial charge in [0, 0.05) is 16.3 Å². The van der Waals surface area contributed by atoms with Crippen LogP contribution in [0.15, 0.2) is 30.3 Å². The SMILES string of the molecule is CCc1ccc(C(=O)Nc2ccc(N)cc2C)s1. The number of anilines is 2. The van der Waals surface area contributed by atoms with Crippen LogP contribution in [0, 0.1) is 6.92 Å². The fourth-order valence-electron chi connectivity index (χ4n) is 1.70. The first kappa shape index (κ1) is 12.6. The quantitative estimate of drug-likeness (QED) is 0.830. The molecular formula is C14H16N2OS. The van der Waals surface area contributed by atoms with Gasteiger partial charge in [0.1, 0.15) is 0 Å². The summed E-state index contributed by atoms with van der Waals surface area (Å²) in [7, 11) is 0. The molecule has 3 N–H and O–H groups in total. The average Bonchev–Trinajstić information content (AvgIpc) is 2.81. The Kier molecular flexibility index (Phi) is 3.67. The van der Waals surface area contributed by atoms with Gasteiger partial charge in [-0.3, -0.25) is 4.79 Å². The minimum atomic E-state index is -0.0624. The molecule has 0 bridgehead atoms. The molecule has 2 rings (SSSR count). The number of aryl methyl sites for hydroxylation is 2. The van der Waals surface area contributed by atoms with Crippen LogP contribution in [-0.4, -0.2) is 5.91 Å². The Morgan fingerprint density at radius 2 is 2.11 bits per heavy atom. The van der Waals surface area contributed by atoms with Crippen LogP contribution in [0.5, 0.6) is 0 Å². The molecule has 0 aliphatic carbocycles. The Balaban J connectivity index is 2.16. The number of hydrogen-bond acceptors (Lipinski definition) is 3. The molecule has 94 valence electrons. The molecule has 0 spiro atoms. The summed E-state index contributed by atoms with van der Waals surface area (Å²) in [6.07, 6.45) is 0.957. The van der Waals surface area contributed by atoms with Gasteiger partial charge in [0.05, 0.1) is 4.88 Å². The highest BCUT2D eigenvalue weighted by molar-refractivity contribution is 7.14. The number of hydrogen-bond donors (Lipinski definition) is 2. The minimum Gasteiger partial charge on any atom is -0.399 e. The van der Waals surface area contributed by atoms with Gasteiger partial charge in [0.2, 0.25) is 0 Å². The molecule has 0 aliphatic rings. The maximum absolute atomic E-state index is 12.0. The molecule has 0 fully saturated rings. The highest BCUT2D eigenvalue weighted by Crippen LogP contribution is 2.21. The Morgan fingerprint density at radius 3 is 2.72 bits per heavy atom. The van der Waals surface area contributed by atoms with Gasteiger partial charge in [-0.25, -0.2) is 0 Å². The third-order valence-electron chi connectivity index (χ3n) is 2.73. The molecule has 1 aromatic carbocycles. The molecule has 0 saturated heterocycles. The molecule has 0 saturated carbocycles. The van der Waals surface area contributed by atoms with E-state index in [-0.39, 0.29) is 5.91 Å². The van der Waals surface area contributed by atoms with Crippen molar-refractivity contribution >= 4 is 28.6 Å². The number of nitrogens with two attached hydrogens (primary N) is 1. The van der Waals surface area contributed by atoms with E-state index in [1.54, 1.807) is 6.07 Å². The van der Waals surface area contributed by atoms with E-state index in [0.717, 1.165) is 22.5 Å². The van der Waals surface area contributed by atoms with Crippen molar-refractivity contribution in [3.05, 3.63) is 45.6 Å². The number of rotatable bonds is 3. The van der Waals surface area contributed by atoms with Crippen LogP contribution in [0.1, 0.15) is 27.0 Å². The van der Waals surface area contributed by atoms with Gasteiger partial charge in [-0.1, -0.05) is 6.92 Å². The summed E-state index contributed by atoms with van der Waals surface area (Å²) in [6, 6.07) is 9.33. The van der Waals surface area contributed by atoms with Crippen molar-refractivity contribution in [3.63, 3.8) is 0 Å². The molecule has 0 radical (unpaired) electrons. The maximum Gasteiger partial charge on any atom is 0.265 e. The van der Waals surface area contributed by atoms with Gasteiger partial charge in [-0.2, -0.15) is 0 Å². The summed E-state index contributed by atoms with van der Waals surface area (Å²) in [5.41, 5.74) is 8.16. The molecule has 0 atom stereocenters. The third-order valence-corrected chi connectivity index (χ3v) is 3.96. The zero-order valence-corrected chi connectivity index (χ0v) is 11.3. The fraction of sp³-hybridized carbons (Fsp3) is 0.214. The van der Waals surface area contributed by atoms with Crippen molar-refractivity contribution in [3.8, 4) is 0 Å². The predicted molar refractivity (Wildman–Crippen MR) is 77.2 cm³/mol. The van der Waals surface area contributed by atoms with Crippen molar-refractivity contribution in [2.75, 3.05) is 11.1 Å². The molecule has 3 nitrogen and oxygen atoms in total. The molecule has 0 unspecified atom stereocenters. The Morgan fingerprint density at radius 1 is 1.33 bits per heavy atom. The molecule has 4 heteroatoms. The van der Waals surface area contributed by atoms with E-state index < -0.39 is 0 Å². The smallest absolute Gasteiger partial charge is 0.265 e. The summed E-state index contributed by atoms with van der Waals surface area (Å²) in [5.74, 6) is -0.0624. The third kappa shape index (κ3) is 2.71. The van der Waals surface area contributed by atoms with Crippen LogP contribution in [0.3, 0.4) is 0 Å². The lowest BCUT2D eigenvalue weighted by atomic mass is 10.2. The molecular weight excluding hydrogens is 244 g/mol. The lowest BCUT2D eigenvalue weighted by molar-refractivity contribution is 0.103. The average molecular weight is 260 g/mol. The highest BCUT2D eigenvalue weighted by Gasteiger charge is 2.10. The second-order valence-corrected chi connectivity index (χ2v) is 5.32. The zero-order valence-electron chi connectivity index (χ0n) is 10.5. The van der Waals surface area contributed by atoms with Crippen LogP contribution < -0.4 is 11.1 Å². The summed E-state index contributed by atoms with van der Waals surface area (Å²) < 4.78 is 0. The van der Waals surface area contributed by atoms with E-state index in [1.165, 1.54) is 16.2 Å². The van der Waals surface area contributed by atoms with E-state index in [1.807, 2.05) is 31.2 Å². The number of nitrogens with one attached hydrogen (secondary N) is 1. The first-order valence-electron chi connectivity index (χ1n) is 5.86. The largest absolute Gasteiger partial charge is 0.399 e. The topological polar surface area (TPSA) is 55.1 Å². The number of amides is 1. The lowest BCUT2D eigenvalue weighted by Gasteiger charge is -2.07. The molecule has 1 heterocycles. The Bertz CT molecular complexity index is 575. The normalized spacial score (nSPS) is 10.3. The van der Waals surface area contributed by atoms with Crippen LogP contribution in [0.4, 0.5) is 11.4 Å². The maximum atomic E-state index is 12.0. The standard InChI is InChI=1S/C14H16N2OS/c1-3-11-5-7-13(18-11)14(17)16-12-6-4-10(15)8-9(12)2/h4-8H,3,15H2,1-2H3,(H,16,17). The van der Waals surface area contributed by atoms with Crippen molar-refractivity contribution in [1.82, 2.24) is 0 Å². The van der Waals surface area contributed by atoms with Gasteiger partial charge in [0.25, 0.3) is 5.91 Å². The van der Waals surface area contributed by atoms with Gasteiger partial charge < -0.3 is 11.1 Å². The van der Waals surface area contributed by atoms with Gasteiger partial charge in [0.15, 0.2) is 0 Å². The minimum absolute atomic E-state index is 0.0624. The zero-order chi connectivity index (χ0) is 13.1. The Hall–Kier alpha value is -1.81. The van der Waals surface area contributed by atoms with E-state index in [0.29, 0.717) is 5.69 Å². The van der Waals surface area contributed by atoms with Gasteiger partial charge in [-0.05, 0) is 49.2 Å². The van der Waals surface area contributed by atoms with Crippen molar-refractivity contribution < 1.29 is 4.79 Å². The van der Waals surface area contributed by atoms with Gasteiger partial charge in [-0.15, -0.1) is 11.3 Å². The first-order chi connectivity index (χ1) is 8.60. The number of carbonyl (C=O) groups excluding carboxylic acids is 1. The highest BCUT2D eigenvalue weighted by atomic mass is 32.1. The molecule has 18 heavy (non-hydrogen) atoms. The van der Waals surface area contributed by atoms with Crippen LogP contribution >= 0.6 is 11.3 Å². The predicted octanol–water partition coefficient (Wildman–Crippen LogP) is 3.45. The first-order valence-corrected chi connectivity index (χ1v) is 6.68. The second-order valence-electron chi connectivity index (χ2n) is 4.15. The number of thiophene rings is 1. The van der Waals surface area contributed by atoms with E-state index in [4.69, 9.17) is 5.73 Å². The Labute approximate surface area is 111 Å². The van der Waals surface area contributed by atoms with Crippen molar-refractivity contribution in [1.29, 1.82) is 0 Å². The van der Waals surface area contributed by atoms with E-state index in [2.05, 4.69) is 12.2 Å². The van der Waals surface area contributed by atoms with Crippen LogP contribution in [0.2, 0.25) is 0 Å². The summed E-state index contributed by atoms with van der Waals surface area (Å²) >= 11 is 1.53. The van der Waals surface area contributed by atoms with Gasteiger partial charge >= 0.3 is 0 Å². The number of nitrogen functional groups attached to an aromatic ring is 1. The van der Waals surface area contributed by atoms with E-state index >= 15 is 0 Å². The number of benzene rings is 1.